The molecule has 124 valence electrons. The second-order valence-electron chi connectivity index (χ2n) is 4.29. The summed E-state index contributed by atoms with van der Waals surface area (Å²) in [6.45, 7) is -0.774. The Hall–Kier alpha value is -0.430. The summed E-state index contributed by atoms with van der Waals surface area (Å²) in [5, 5.41) is 8.81. The molecule has 10 heteroatoms. The summed E-state index contributed by atoms with van der Waals surface area (Å²) in [6.07, 6.45) is -4.66. The molecule has 0 saturated carbocycles. The van der Waals surface area contributed by atoms with Crippen LogP contribution in [0, 0.1) is 0 Å². The van der Waals surface area contributed by atoms with Gasteiger partial charge in [0.05, 0.1) is 37.4 Å². The Morgan fingerprint density at radius 3 is 1.78 bits per heavy atom. The quantitative estimate of drug-likeness (QED) is 0.439. The van der Waals surface area contributed by atoms with Crippen molar-refractivity contribution >= 4 is 58.0 Å². The van der Waals surface area contributed by atoms with Crippen LogP contribution in [0.1, 0.15) is 11.4 Å². The molecule has 1 heterocycles. The highest BCUT2D eigenvalue weighted by molar-refractivity contribution is 6.56. The zero-order valence-corrected chi connectivity index (χ0v) is 14.6. The number of pyridine rings is 1. The maximum atomic E-state index is 12.7. The van der Waals surface area contributed by atoms with E-state index in [1.165, 1.54) is 0 Å². The molecule has 0 fully saturated rings. The van der Waals surface area contributed by atoms with Gasteiger partial charge in [0.25, 0.3) is 0 Å². The van der Waals surface area contributed by atoms with Gasteiger partial charge < -0.3 is 5.11 Å². The summed E-state index contributed by atoms with van der Waals surface area (Å²) < 4.78 is 38.2. The zero-order chi connectivity index (χ0) is 17.5. The number of nitrogens with zero attached hydrogens (tertiary/aromatic N) is 1. The number of halogens is 8. The first kappa shape index (κ1) is 18.9. The molecule has 2 aromatic rings. The van der Waals surface area contributed by atoms with E-state index in [1.54, 1.807) is 0 Å². The highest BCUT2D eigenvalue weighted by Crippen LogP contribution is 2.49. The summed E-state index contributed by atoms with van der Waals surface area (Å²) in [5.74, 6) is 0. The SMILES string of the molecule is OCc1nc(C(F)(F)F)ccc1-c1c(Cl)c(Cl)c(Cl)c(Cl)c1Cl. The fourth-order valence-corrected chi connectivity index (χ4v) is 3.19. The van der Waals surface area contributed by atoms with Gasteiger partial charge in [-0.25, -0.2) is 4.98 Å². The van der Waals surface area contributed by atoms with Gasteiger partial charge in [-0.05, 0) is 6.07 Å². The molecule has 0 spiro atoms. The monoisotopic (exact) mass is 423 g/mol. The normalized spacial score (nSPS) is 11.9. The van der Waals surface area contributed by atoms with E-state index in [0.717, 1.165) is 12.1 Å². The molecule has 1 aromatic carbocycles. The average molecular weight is 425 g/mol. The smallest absolute Gasteiger partial charge is 0.390 e. The summed E-state index contributed by atoms with van der Waals surface area (Å²) in [6, 6.07) is 1.81. The van der Waals surface area contributed by atoms with E-state index in [1.807, 2.05) is 0 Å². The third-order valence-electron chi connectivity index (χ3n) is 2.89. The molecule has 0 saturated heterocycles. The molecular weight excluding hydrogens is 420 g/mol. The van der Waals surface area contributed by atoms with Crippen molar-refractivity contribution in [3.63, 3.8) is 0 Å². The summed E-state index contributed by atoms with van der Waals surface area (Å²) in [4.78, 5) is 3.39. The van der Waals surface area contributed by atoms with Crippen LogP contribution in [0.2, 0.25) is 25.1 Å². The third-order valence-corrected chi connectivity index (χ3v) is 5.17. The van der Waals surface area contributed by atoms with Gasteiger partial charge in [0, 0.05) is 11.1 Å². The fraction of sp³-hybridized carbons (Fsp3) is 0.154. The number of benzene rings is 1. The summed E-state index contributed by atoms with van der Waals surface area (Å²) in [5.41, 5.74) is -1.34. The van der Waals surface area contributed by atoms with Crippen LogP contribution in [0.3, 0.4) is 0 Å². The molecule has 0 aliphatic rings. The van der Waals surface area contributed by atoms with Crippen LogP contribution < -0.4 is 0 Å². The van der Waals surface area contributed by atoms with Gasteiger partial charge in [-0.3, -0.25) is 0 Å². The van der Waals surface area contributed by atoms with Gasteiger partial charge in [0.2, 0.25) is 0 Å². The van der Waals surface area contributed by atoms with Crippen LogP contribution in [0.5, 0.6) is 0 Å². The van der Waals surface area contributed by atoms with Gasteiger partial charge >= 0.3 is 6.18 Å². The van der Waals surface area contributed by atoms with E-state index in [-0.39, 0.29) is 41.9 Å². The lowest BCUT2D eigenvalue weighted by Crippen LogP contribution is -2.10. The van der Waals surface area contributed by atoms with E-state index in [0.29, 0.717) is 0 Å². The molecule has 0 unspecified atom stereocenters. The van der Waals surface area contributed by atoms with E-state index < -0.39 is 18.5 Å². The van der Waals surface area contributed by atoms with E-state index in [9.17, 15) is 18.3 Å². The van der Waals surface area contributed by atoms with Crippen LogP contribution in [0.4, 0.5) is 13.2 Å². The average Bonchev–Trinajstić information content (AvgIpc) is 2.50. The molecule has 1 N–H and O–H groups in total. The van der Waals surface area contributed by atoms with Crippen molar-refractivity contribution in [2.45, 2.75) is 12.8 Å². The minimum Gasteiger partial charge on any atom is -0.390 e. The number of rotatable bonds is 2. The molecular formula is C13H5Cl5F3NO. The lowest BCUT2D eigenvalue weighted by molar-refractivity contribution is -0.141. The Labute approximate surface area is 153 Å². The van der Waals surface area contributed by atoms with Gasteiger partial charge in [-0.15, -0.1) is 0 Å². The zero-order valence-electron chi connectivity index (χ0n) is 10.8. The highest BCUT2D eigenvalue weighted by Gasteiger charge is 2.33. The topological polar surface area (TPSA) is 33.1 Å². The molecule has 0 aliphatic carbocycles. The van der Waals surface area contributed by atoms with E-state index in [2.05, 4.69) is 4.98 Å². The van der Waals surface area contributed by atoms with E-state index in [4.69, 9.17) is 58.0 Å². The third kappa shape index (κ3) is 3.50. The van der Waals surface area contributed by atoms with Crippen LogP contribution in [-0.2, 0) is 12.8 Å². The van der Waals surface area contributed by atoms with Crippen LogP contribution >= 0.6 is 58.0 Å². The number of aliphatic hydroxyl groups is 1. The first-order valence-electron chi connectivity index (χ1n) is 5.79. The van der Waals surface area contributed by atoms with Crippen molar-refractivity contribution in [3.8, 4) is 11.1 Å². The van der Waals surface area contributed by atoms with Gasteiger partial charge in [-0.1, -0.05) is 64.1 Å². The predicted molar refractivity (Wildman–Crippen MR) is 85.6 cm³/mol. The Morgan fingerprint density at radius 2 is 1.35 bits per heavy atom. The van der Waals surface area contributed by atoms with Crippen molar-refractivity contribution in [2.24, 2.45) is 0 Å². The fourth-order valence-electron chi connectivity index (χ4n) is 1.85. The molecule has 0 atom stereocenters. The van der Waals surface area contributed by atoms with Crippen molar-refractivity contribution in [1.82, 2.24) is 4.98 Å². The minimum absolute atomic E-state index is 0.0398. The molecule has 23 heavy (non-hydrogen) atoms. The van der Waals surface area contributed by atoms with Crippen LogP contribution in [-0.4, -0.2) is 10.1 Å². The lowest BCUT2D eigenvalue weighted by Gasteiger charge is -2.16. The van der Waals surface area contributed by atoms with E-state index >= 15 is 0 Å². The molecule has 0 bridgehead atoms. The maximum absolute atomic E-state index is 12.7. The maximum Gasteiger partial charge on any atom is 0.433 e. The Bertz CT molecular complexity index is 750. The molecule has 0 radical (unpaired) electrons. The van der Waals surface area contributed by atoms with Crippen LogP contribution in [0.25, 0.3) is 11.1 Å². The molecule has 2 rings (SSSR count). The highest BCUT2D eigenvalue weighted by atomic mass is 35.5. The molecule has 0 aliphatic heterocycles. The Morgan fingerprint density at radius 1 is 0.870 bits per heavy atom. The van der Waals surface area contributed by atoms with Crippen LogP contribution in [0.15, 0.2) is 12.1 Å². The minimum atomic E-state index is -4.66. The van der Waals surface area contributed by atoms with Crippen molar-refractivity contribution in [2.75, 3.05) is 0 Å². The predicted octanol–water partition coefficient (Wildman–Crippen LogP) is 6.53. The van der Waals surface area contributed by atoms with Gasteiger partial charge in [0.1, 0.15) is 5.69 Å². The second kappa shape index (κ2) is 6.82. The molecule has 1 aromatic heterocycles. The number of aliphatic hydroxyl groups excluding tert-OH is 1. The lowest BCUT2D eigenvalue weighted by atomic mass is 10.0. The Balaban J connectivity index is 2.78. The summed E-state index contributed by atoms with van der Waals surface area (Å²) >= 11 is 29.9. The first-order valence-corrected chi connectivity index (χ1v) is 7.68. The van der Waals surface area contributed by atoms with Crippen molar-refractivity contribution < 1.29 is 18.3 Å². The summed E-state index contributed by atoms with van der Waals surface area (Å²) in [7, 11) is 0. The number of hydrogen-bond donors (Lipinski definition) is 1. The van der Waals surface area contributed by atoms with Crippen molar-refractivity contribution in [1.29, 1.82) is 0 Å². The number of hydrogen-bond acceptors (Lipinski definition) is 2. The van der Waals surface area contributed by atoms with Crippen molar-refractivity contribution in [3.05, 3.63) is 48.6 Å². The van der Waals surface area contributed by atoms with Gasteiger partial charge in [0.15, 0.2) is 0 Å². The first-order chi connectivity index (χ1) is 10.6. The standard InChI is InChI=1S/C13H5Cl5F3NO/c14-8-7(9(15)11(17)12(18)10(8)16)4-1-2-6(13(19,20)21)22-5(4)3-23/h1-2,23H,3H2. The Kier molecular flexibility index (Phi) is 5.61. The van der Waals surface area contributed by atoms with Gasteiger partial charge in [-0.2, -0.15) is 13.2 Å². The number of alkyl halides is 3. The molecule has 2 nitrogen and oxygen atoms in total. The molecule has 0 amide bonds. The largest absolute Gasteiger partial charge is 0.433 e. The second-order valence-corrected chi connectivity index (χ2v) is 6.18. The number of aromatic nitrogens is 1.